The van der Waals surface area contributed by atoms with E-state index in [0.717, 1.165) is 15.8 Å². The summed E-state index contributed by atoms with van der Waals surface area (Å²) in [6.07, 6.45) is 1.65. The van der Waals surface area contributed by atoms with Crippen molar-refractivity contribution in [3.63, 3.8) is 0 Å². The number of aliphatic carboxylic acids is 3. The lowest BCUT2D eigenvalue weighted by Gasteiger charge is -2.25. The van der Waals surface area contributed by atoms with Gasteiger partial charge in [0.15, 0.2) is 0 Å². The lowest BCUT2D eigenvalue weighted by molar-refractivity contribution is -0.149. The van der Waals surface area contributed by atoms with Gasteiger partial charge in [0.2, 0.25) is 0 Å². The number of benzene rings is 1. The molecule has 1 aromatic heterocycles. The van der Waals surface area contributed by atoms with Gasteiger partial charge in [0.25, 0.3) is 0 Å². The summed E-state index contributed by atoms with van der Waals surface area (Å²) in [6.45, 7) is -1.32. The Morgan fingerprint density at radius 3 is 2.22 bits per heavy atom. The number of carboxylic acid groups (broad SMARTS) is 3. The van der Waals surface area contributed by atoms with Crippen molar-refractivity contribution in [1.29, 1.82) is 0 Å². The van der Waals surface area contributed by atoms with Gasteiger partial charge in [-0.25, -0.2) is 0 Å². The summed E-state index contributed by atoms with van der Waals surface area (Å²) in [5, 5.41) is 28.0. The SMILES string of the molecule is O=C(O)CN(CC(=O)O)[C@@H](Cc1c[nH]c2ccccc12)C(=O)O. The first kappa shape index (κ1) is 16.5. The van der Waals surface area contributed by atoms with Crippen molar-refractivity contribution >= 4 is 28.8 Å². The number of carboxylic acids is 3. The fourth-order valence-corrected chi connectivity index (χ4v) is 2.51. The zero-order valence-electron chi connectivity index (χ0n) is 12.1. The summed E-state index contributed by atoms with van der Waals surface area (Å²) < 4.78 is 0. The third-order valence-electron chi connectivity index (χ3n) is 3.49. The predicted octanol–water partition coefficient (Wildman–Crippen LogP) is 0.635. The second kappa shape index (κ2) is 6.93. The quantitative estimate of drug-likeness (QED) is 0.561. The fourth-order valence-electron chi connectivity index (χ4n) is 2.51. The molecule has 0 fully saturated rings. The number of rotatable bonds is 8. The summed E-state index contributed by atoms with van der Waals surface area (Å²) in [4.78, 5) is 37.3. The summed E-state index contributed by atoms with van der Waals surface area (Å²) in [6, 6.07) is 6.04. The molecule has 2 rings (SSSR count). The van der Waals surface area contributed by atoms with Crippen molar-refractivity contribution in [3.05, 3.63) is 36.0 Å². The Kier molecular flexibility index (Phi) is 4.97. The van der Waals surface area contributed by atoms with Gasteiger partial charge in [-0.05, 0) is 11.6 Å². The van der Waals surface area contributed by atoms with E-state index in [1.165, 1.54) is 0 Å². The van der Waals surface area contributed by atoms with Crippen LogP contribution >= 0.6 is 0 Å². The number of carbonyl (C=O) groups is 3. The standard InChI is InChI=1S/C15H16N2O6/c18-13(19)7-17(8-14(20)21)12(15(22)23)5-9-6-16-11-4-2-1-3-10(9)11/h1-4,6,12,16H,5,7-8H2,(H,18,19)(H,20,21)(H,22,23)/t12-/m0/s1. The highest BCUT2D eigenvalue weighted by Crippen LogP contribution is 2.20. The second-order valence-electron chi connectivity index (χ2n) is 5.11. The van der Waals surface area contributed by atoms with E-state index < -0.39 is 37.0 Å². The Labute approximate surface area is 131 Å². The molecule has 0 aliphatic carbocycles. The van der Waals surface area contributed by atoms with Crippen LogP contribution in [0.3, 0.4) is 0 Å². The molecule has 1 heterocycles. The zero-order valence-corrected chi connectivity index (χ0v) is 12.1. The molecule has 0 saturated carbocycles. The number of hydrogen-bond acceptors (Lipinski definition) is 4. The van der Waals surface area contributed by atoms with Crippen molar-refractivity contribution in [1.82, 2.24) is 9.88 Å². The number of H-pyrrole nitrogens is 1. The highest BCUT2D eigenvalue weighted by atomic mass is 16.4. The minimum absolute atomic E-state index is 0.0000926. The molecule has 1 atom stereocenters. The van der Waals surface area contributed by atoms with E-state index in [4.69, 9.17) is 10.2 Å². The Hall–Kier alpha value is -2.87. The summed E-state index contributed by atoms with van der Waals surface area (Å²) >= 11 is 0. The van der Waals surface area contributed by atoms with E-state index in [2.05, 4.69) is 4.98 Å². The van der Waals surface area contributed by atoms with Crippen LogP contribution in [0, 0.1) is 0 Å². The lowest BCUT2D eigenvalue weighted by atomic mass is 10.0. The van der Waals surface area contributed by atoms with E-state index in [1.54, 1.807) is 6.20 Å². The predicted molar refractivity (Wildman–Crippen MR) is 80.3 cm³/mol. The number of nitrogens with one attached hydrogen (secondary N) is 1. The maximum atomic E-state index is 11.5. The van der Waals surface area contributed by atoms with Crippen LogP contribution < -0.4 is 0 Å². The Balaban J connectivity index is 2.30. The van der Waals surface area contributed by atoms with Crippen LogP contribution in [0.1, 0.15) is 5.56 Å². The van der Waals surface area contributed by atoms with Gasteiger partial charge in [-0.2, -0.15) is 0 Å². The third-order valence-corrected chi connectivity index (χ3v) is 3.49. The maximum Gasteiger partial charge on any atom is 0.321 e. The molecule has 8 heteroatoms. The van der Waals surface area contributed by atoms with Gasteiger partial charge < -0.3 is 20.3 Å². The van der Waals surface area contributed by atoms with Crippen LogP contribution in [-0.2, 0) is 20.8 Å². The second-order valence-corrected chi connectivity index (χ2v) is 5.11. The van der Waals surface area contributed by atoms with Crippen LogP contribution in [-0.4, -0.2) is 62.2 Å². The molecule has 0 aliphatic rings. The van der Waals surface area contributed by atoms with E-state index in [1.807, 2.05) is 24.3 Å². The number of aromatic nitrogens is 1. The first-order chi connectivity index (χ1) is 10.9. The largest absolute Gasteiger partial charge is 0.480 e. The normalized spacial score (nSPS) is 12.4. The molecule has 0 spiro atoms. The molecular formula is C15H16N2O6. The molecule has 0 radical (unpaired) electrons. The first-order valence-corrected chi connectivity index (χ1v) is 6.84. The first-order valence-electron chi connectivity index (χ1n) is 6.84. The average Bonchev–Trinajstić information content (AvgIpc) is 2.86. The molecule has 23 heavy (non-hydrogen) atoms. The van der Waals surface area contributed by atoms with E-state index in [0.29, 0.717) is 5.56 Å². The molecule has 0 amide bonds. The average molecular weight is 320 g/mol. The molecule has 122 valence electrons. The Bertz CT molecular complexity index is 722. The number of para-hydroxylation sites is 1. The van der Waals surface area contributed by atoms with Crippen molar-refractivity contribution in [2.75, 3.05) is 13.1 Å². The third kappa shape index (κ3) is 4.07. The van der Waals surface area contributed by atoms with Gasteiger partial charge in [0.1, 0.15) is 6.04 Å². The van der Waals surface area contributed by atoms with Crippen LogP contribution in [0.15, 0.2) is 30.5 Å². The topological polar surface area (TPSA) is 131 Å². The molecule has 0 saturated heterocycles. The summed E-state index contributed by atoms with van der Waals surface area (Å²) in [5.41, 5.74) is 1.52. The van der Waals surface area contributed by atoms with Crippen molar-refractivity contribution < 1.29 is 29.7 Å². The number of hydrogen-bond donors (Lipinski definition) is 4. The Morgan fingerprint density at radius 2 is 1.65 bits per heavy atom. The highest BCUT2D eigenvalue weighted by molar-refractivity contribution is 5.84. The van der Waals surface area contributed by atoms with E-state index in [9.17, 15) is 19.5 Å². The number of nitrogens with zero attached hydrogens (tertiary/aromatic N) is 1. The molecule has 8 nitrogen and oxygen atoms in total. The van der Waals surface area contributed by atoms with Crippen LogP contribution in [0.5, 0.6) is 0 Å². The number of aromatic amines is 1. The van der Waals surface area contributed by atoms with Gasteiger partial charge in [0.05, 0.1) is 13.1 Å². The smallest absolute Gasteiger partial charge is 0.321 e. The molecular weight excluding hydrogens is 304 g/mol. The molecule has 2 aromatic rings. The van der Waals surface area contributed by atoms with Gasteiger partial charge in [-0.1, -0.05) is 18.2 Å². The molecule has 1 aromatic carbocycles. The van der Waals surface area contributed by atoms with Crippen LogP contribution in [0.2, 0.25) is 0 Å². The van der Waals surface area contributed by atoms with Gasteiger partial charge in [-0.15, -0.1) is 0 Å². The maximum absolute atomic E-state index is 11.5. The Morgan fingerprint density at radius 1 is 1.04 bits per heavy atom. The minimum Gasteiger partial charge on any atom is -0.480 e. The summed E-state index contributed by atoms with van der Waals surface area (Å²) in [5.74, 6) is -3.83. The van der Waals surface area contributed by atoms with Crippen molar-refractivity contribution in [2.24, 2.45) is 0 Å². The fraction of sp³-hybridized carbons (Fsp3) is 0.267. The van der Waals surface area contributed by atoms with Crippen LogP contribution in [0.25, 0.3) is 10.9 Å². The molecule has 4 N–H and O–H groups in total. The highest BCUT2D eigenvalue weighted by Gasteiger charge is 2.29. The molecule has 0 aliphatic heterocycles. The van der Waals surface area contributed by atoms with Gasteiger partial charge >= 0.3 is 17.9 Å². The van der Waals surface area contributed by atoms with E-state index in [-0.39, 0.29) is 6.42 Å². The lowest BCUT2D eigenvalue weighted by Crippen LogP contribution is -2.47. The summed E-state index contributed by atoms with van der Waals surface area (Å²) in [7, 11) is 0. The van der Waals surface area contributed by atoms with Crippen molar-refractivity contribution in [3.8, 4) is 0 Å². The van der Waals surface area contributed by atoms with Gasteiger partial charge in [0, 0.05) is 23.5 Å². The van der Waals surface area contributed by atoms with E-state index >= 15 is 0 Å². The molecule has 0 bridgehead atoms. The van der Waals surface area contributed by atoms with Crippen molar-refractivity contribution in [2.45, 2.75) is 12.5 Å². The van der Waals surface area contributed by atoms with Gasteiger partial charge in [-0.3, -0.25) is 19.3 Å². The monoisotopic (exact) mass is 320 g/mol. The number of fused-ring (bicyclic) bond motifs is 1. The molecule has 0 unspecified atom stereocenters. The van der Waals surface area contributed by atoms with Crippen LogP contribution in [0.4, 0.5) is 0 Å². The zero-order chi connectivity index (χ0) is 17.0. The minimum atomic E-state index is -1.28.